The number of hydrogen-bond donors (Lipinski definition) is 0. The molecular formula is C8H8N4O. The zero-order chi connectivity index (χ0) is 9.68. The van der Waals surface area contributed by atoms with E-state index in [1.165, 1.54) is 10.8 Å². The van der Waals surface area contributed by atoms with Crippen molar-refractivity contribution in [2.75, 3.05) is 0 Å². The first kappa shape index (κ1) is 9.17. The molecular weight excluding hydrogens is 168 g/mol. The molecule has 0 aliphatic heterocycles. The van der Waals surface area contributed by atoms with Crippen molar-refractivity contribution < 1.29 is 4.79 Å². The highest BCUT2D eigenvalue weighted by Crippen LogP contribution is 2.13. The average molecular weight is 176 g/mol. The number of nitriles is 1. The van der Waals surface area contributed by atoms with Crippen LogP contribution in [-0.2, 0) is 11.3 Å². The van der Waals surface area contributed by atoms with E-state index in [4.69, 9.17) is 5.26 Å². The Morgan fingerprint density at radius 2 is 2.54 bits per heavy atom. The van der Waals surface area contributed by atoms with E-state index in [9.17, 15) is 4.79 Å². The molecule has 0 unspecified atom stereocenters. The summed E-state index contributed by atoms with van der Waals surface area (Å²) in [7, 11) is 0. The van der Waals surface area contributed by atoms with Gasteiger partial charge in [-0.2, -0.15) is 10.4 Å². The first-order valence-electron chi connectivity index (χ1n) is 3.77. The number of rotatable bonds is 3. The molecule has 0 amide bonds. The summed E-state index contributed by atoms with van der Waals surface area (Å²) in [5.74, 6) is 0.447. The summed E-state index contributed by atoms with van der Waals surface area (Å²) < 4.78 is 1.52. The van der Waals surface area contributed by atoms with Gasteiger partial charge in [0.15, 0.2) is 5.82 Å². The van der Waals surface area contributed by atoms with Crippen LogP contribution in [0.2, 0.25) is 0 Å². The van der Waals surface area contributed by atoms with Gasteiger partial charge in [-0.1, -0.05) is 0 Å². The number of hydrogen-bond acceptors (Lipinski definition) is 4. The Hall–Kier alpha value is -1.92. The summed E-state index contributed by atoms with van der Waals surface area (Å²) in [6, 6.07) is 3.66. The molecule has 0 spiro atoms. The highest BCUT2D eigenvalue weighted by Gasteiger charge is 2.02. The lowest BCUT2D eigenvalue weighted by molar-refractivity contribution is 0.563. The maximum absolute atomic E-state index is 10.0. The van der Waals surface area contributed by atoms with Crippen molar-refractivity contribution in [2.45, 2.75) is 19.9 Å². The Kier molecular flexibility index (Phi) is 2.96. The molecule has 0 fully saturated rings. The van der Waals surface area contributed by atoms with Crippen molar-refractivity contribution >= 4 is 11.9 Å². The number of nitrogens with zero attached hydrogens (tertiary/aromatic N) is 4. The van der Waals surface area contributed by atoms with Crippen LogP contribution in [0.1, 0.15) is 12.1 Å². The Labute approximate surface area is 75.3 Å². The molecule has 66 valence electrons. The van der Waals surface area contributed by atoms with Crippen molar-refractivity contribution in [1.82, 2.24) is 9.78 Å². The largest absolute Gasteiger partial charge is 0.246 e. The van der Waals surface area contributed by atoms with Crippen LogP contribution in [0.4, 0.5) is 5.82 Å². The third kappa shape index (κ3) is 2.26. The zero-order valence-electron chi connectivity index (χ0n) is 7.19. The monoisotopic (exact) mass is 176 g/mol. The molecule has 0 bridgehead atoms. The second-order valence-corrected chi connectivity index (χ2v) is 2.48. The van der Waals surface area contributed by atoms with Crippen molar-refractivity contribution in [2.24, 2.45) is 4.99 Å². The van der Waals surface area contributed by atoms with Crippen LogP contribution >= 0.6 is 0 Å². The van der Waals surface area contributed by atoms with E-state index >= 15 is 0 Å². The zero-order valence-corrected chi connectivity index (χ0v) is 7.19. The van der Waals surface area contributed by atoms with E-state index in [2.05, 4.69) is 10.1 Å². The maximum atomic E-state index is 10.0. The van der Waals surface area contributed by atoms with Crippen molar-refractivity contribution in [3.63, 3.8) is 0 Å². The topological polar surface area (TPSA) is 71.0 Å². The molecule has 1 aromatic rings. The molecule has 1 heterocycles. The third-order valence-corrected chi connectivity index (χ3v) is 1.48. The summed E-state index contributed by atoms with van der Waals surface area (Å²) in [6.45, 7) is 2.25. The predicted octanol–water partition coefficient (Wildman–Crippen LogP) is 1.07. The van der Waals surface area contributed by atoms with Gasteiger partial charge in [0.2, 0.25) is 6.08 Å². The van der Waals surface area contributed by atoms with Gasteiger partial charge in [-0.3, -0.25) is 0 Å². The van der Waals surface area contributed by atoms with E-state index in [1.807, 2.05) is 6.07 Å². The van der Waals surface area contributed by atoms with Gasteiger partial charge in [-0.15, -0.1) is 4.99 Å². The number of aliphatic imine (C=N–C) groups is 1. The van der Waals surface area contributed by atoms with E-state index < -0.39 is 0 Å². The smallest absolute Gasteiger partial charge is 0.242 e. The van der Waals surface area contributed by atoms with Crippen LogP contribution in [0, 0.1) is 18.3 Å². The molecule has 13 heavy (non-hydrogen) atoms. The van der Waals surface area contributed by atoms with Crippen LogP contribution < -0.4 is 0 Å². The Balaban J connectivity index is 2.91. The lowest BCUT2D eigenvalue weighted by Gasteiger charge is -1.97. The molecule has 5 heteroatoms. The lowest BCUT2D eigenvalue weighted by atomic mass is 10.4. The normalized spacial score (nSPS) is 8.92. The average Bonchev–Trinajstić information content (AvgIpc) is 2.44. The highest BCUT2D eigenvalue weighted by molar-refractivity contribution is 5.45. The van der Waals surface area contributed by atoms with E-state index in [-0.39, 0.29) is 0 Å². The number of aryl methyl sites for hydroxylation is 2. The summed E-state index contributed by atoms with van der Waals surface area (Å²) in [4.78, 5) is 13.5. The van der Waals surface area contributed by atoms with Gasteiger partial charge in [0.25, 0.3) is 0 Å². The number of isocyanates is 1. The van der Waals surface area contributed by atoms with Crippen molar-refractivity contribution in [3.8, 4) is 6.07 Å². The molecule has 0 saturated heterocycles. The van der Waals surface area contributed by atoms with Gasteiger partial charge in [-0.05, 0) is 6.92 Å². The molecule has 1 aromatic heterocycles. The van der Waals surface area contributed by atoms with E-state index in [0.717, 1.165) is 5.69 Å². The highest BCUT2D eigenvalue weighted by atomic mass is 16.1. The van der Waals surface area contributed by atoms with Crippen LogP contribution in [0.25, 0.3) is 0 Å². The van der Waals surface area contributed by atoms with Gasteiger partial charge < -0.3 is 0 Å². The Morgan fingerprint density at radius 1 is 1.77 bits per heavy atom. The first-order chi connectivity index (χ1) is 6.27. The molecule has 0 radical (unpaired) electrons. The molecule has 0 aromatic carbocycles. The van der Waals surface area contributed by atoms with Crippen LogP contribution in [-0.4, -0.2) is 15.9 Å². The van der Waals surface area contributed by atoms with Crippen LogP contribution in [0.5, 0.6) is 0 Å². The van der Waals surface area contributed by atoms with Gasteiger partial charge in [0.05, 0.1) is 24.7 Å². The first-order valence-corrected chi connectivity index (χ1v) is 3.77. The standard InChI is InChI=1S/C8H8N4O/c1-7-5-8(10-6-13)12(11-7)4-2-3-9/h5H,2,4H2,1H3. The fourth-order valence-electron chi connectivity index (χ4n) is 0.989. The quantitative estimate of drug-likeness (QED) is 0.510. The second kappa shape index (κ2) is 4.19. The maximum Gasteiger partial charge on any atom is 0.242 e. The summed E-state index contributed by atoms with van der Waals surface area (Å²) in [5, 5.41) is 12.4. The van der Waals surface area contributed by atoms with Gasteiger partial charge in [0, 0.05) is 6.07 Å². The predicted molar refractivity (Wildman–Crippen MR) is 45.0 cm³/mol. The molecule has 1 rings (SSSR count). The van der Waals surface area contributed by atoms with E-state index in [1.54, 1.807) is 13.0 Å². The van der Waals surface area contributed by atoms with Gasteiger partial charge >= 0.3 is 0 Å². The SMILES string of the molecule is Cc1cc(N=C=O)n(CCC#N)n1. The molecule has 0 saturated carbocycles. The van der Waals surface area contributed by atoms with E-state index in [0.29, 0.717) is 18.8 Å². The molecule has 0 atom stereocenters. The van der Waals surface area contributed by atoms with Gasteiger partial charge in [0.1, 0.15) is 0 Å². The molecule has 5 nitrogen and oxygen atoms in total. The minimum Gasteiger partial charge on any atom is -0.246 e. The van der Waals surface area contributed by atoms with Crippen molar-refractivity contribution in [1.29, 1.82) is 5.26 Å². The minimum atomic E-state index is 0.350. The third-order valence-electron chi connectivity index (χ3n) is 1.48. The minimum absolute atomic E-state index is 0.350. The number of aromatic nitrogens is 2. The summed E-state index contributed by atoms with van der Waals surface area (Å²) in [5.41, 5.74) is 0.770. The Bertz CT molecular complexity index is 381. The second-order valence-electron chi connectivity index (χ2n) is 2.48. The molecule has 0 aliphatic rings. The van der Waals surface area contributed by atoms with Gasteiger partial charge in [-0.25, -0.2) is 9.48 Å². The number of carbonyl (C=O) groups excluding carboxylic acids is 1. The van der Waals surface area contributed by atoms with Crippen molar-refractivity contribution in [3.05, 3.63) is 11.8 Å². The summed E-state index contributed by atoms with van der Waals surface area (Å²) >= 11 is 0. The van der Waals surface area contributed by atoms with Crippen LogP contribution in [0.15, 0.2) is 11.1 Å². The summed E-state index contributed by atoms with van der Waals surface area (Å²) in [6.07, 6.45) is 1.80. The molecule has 0 aliphatic carbocycles. The molecule has 0 N–H and O–H groups in total. The lowest BCUT2D eigenvalue weighted by Crippen LogP contribution is -1.98. The fraction of sp³-hybridized carbons (Fsp3) is 0.375. The Morgan fingerprint density at radius 3 is 3.15 bits per heavy atom. The van der Waals surface area contributed by atoms with Crippen LogP contribution in [0.3, 0.4) is 0 Å². The fourth-order valence-corrected chi connectivity index (χ4v) is 0.989.